The summed E-state index contributed by atoms with van der Waals surface area (Å²) in [5.41, 5.74) is 1.10. The maximum Gasteiger partial charge on any atom is 0.471 e. The number of ether oxygens (including phenoxy) is 1. The van der Waals surface area contributed by atoms with Crippen molar-refractivity contribution in [2.75, 3.05) is 20.3 Å². The highest BCUT2D eigenvalue weighted by Crippen LogP contribution is 2.29. The van der Waals surface area contributed by atoms with E-state index >= 15 is 0 Å². The highest BCUT2D eigenvalue weighted by atomic mass is 19.4. The van der Waals surface area contributed by atoms with Gasteiger partial charge in [0.15, 0.2) is 0 Å². The summed E-state index contributed by atoms with van der Waals surface area (Å²) in [6.45, 7) is 4.45. The number of aromatic nitrogens is 2. The predicted octanol–water partition coefficient (Wildman–Crippen LogP) is 3.71. The van der Waals surface area contributed by atoms with Crippen LogP contribution in [0.1, 0.15) is 31.7 Å². The van der Waals surface area contributed by atoms with E-state index in [-0.39, 0.29) is 30.8 Å². The van der Waals surface area contributed by atoms with Crippen LogP contribution in [0.15, 0.2) is 28.8 Å². The molecule has 2 rings (SSSR count). The molecular formula is C18H22F3N3O4. The lowest BCUT2D eigenvalue weighted by Crippen LogP contribution is -2.37. The van der Waals surface area contributed by atoms with Crippen LogP contribution in [-0.4, -0.2) is 41.4 Å². The van der Waals surface area contributed by atoms with Gasteiger partial charge < -0.3 is 9.26 Å². The molecule has 0 fully saturated rings. The summed E-state index contributed by atoms with van der Waals surface area (Å²) in [7, 11) is 1.53. The van der Waals surface area contributed by atoms with Gasteiger partial charge in [0.05, 0.1) is 25.7 Å². The molecule has 28 heavy (non-hydrogen) atoms. The molecule has 2 aromatic rings. The molecular weight excluding hydrogens is 379 g/mol. The summed E-state index contributed by atoms with van der Waals surface area (Å²) in [5, 5.41) is 4.62. The number of hydroxylamine groups is 2. The lowest BCUT2D eigenvalue weighted by molar-refractivity contribution is -0.194. The molecule has 0 spiro atoms. The van der Waals surface area contributed by atoms with Crippen LogP contribution in [0.4, 0.5) is 13.2 Å². The average molecular weight is 401 g/mol. The Balaban J connectivity index is 2.12. The van der Waals surface area contributed by atoms with Gasteiger partial charge in [0.25, 0.3) is 5.91 Å². The zero-order valence-corrected chi connectivity index (χ0v) is 15.8. The number of hydrogen-bond acceptors (Lipinski definition) is 6. The third-order valence-electron chi connectivity index (χ3n) is 3.95. The molecule has 0 N–H and O–H groups in total. The maximum atomic E-state index is 12.6. The van der Waals surface area contributed by atoms with Gasteiger partial charge in [-0.25, -0.2) is 5.06 Å². The van der Waals surface area contributed by atoms with E-state index in [1.165, 1.54) is 12.2 Å². The summed E-state index contributed by atoms with van der Waals surface area (Å²) in [5.74, 6) is -2.08. The number of halogens is 3. The van der Waals surface area contributed by atoms with E-state index in [1.54, 1.807) is 31.2 Å². The Morgan fingerprint density at radius 2 is 1.93 bits per heavy atom. The largest absolute Gasteiger partial charge is 0.471 e. The van der Waals surface area contributed by atoms with Gasteiger partial charge in [-0.1, -0.05) is 36.3 Å². The molecule has 0 aliphatic carbocycles. The minimum absolute atomic E-state index is 0.164. The van der Waals surface area contributed by atoms with Crippen molar-refractivity contribution in [3.63, 3.8) is 0 Å². The zero-order chi connectivity index (χ0) is 20.7. The molecule has 0 saturated carbocycles. The molecule has 0 bridgehead atoms. The molecule has 1 amide bonds. The Hall–Kier alpha value is -2.46. The Labute approximate surface area is 160 Å². The summed E-state index contributed by atoms with van der Waals surface area (Å²) in [4.78, 5) is 21.4. The summed E-state index contributed by atoms with van der Waals surface area (Å²) >= 11 is 0. The summed E-state index contributed by atoms with van der Waals surface area (Å²) < 4.78 is 47.0. The second-order valence-corrected chi connectivity index (χ2v) is 5.97. The fourth-order valence-corrected chi connectivity index (χ4v) is 2.49. The number of amides is 1. The van der Waals surface area contributed by atoms with Crippen molar-refractivity contribution in [3.8, 4) is 11.4 Å². The number of alkyl halides is 3. The third-order valence-corrected chi connectivity index (χ3v) is 3.95. The van der Waals surface area contributed by atoms with Crippen molar-refractivity contribution in [1.29, 1.82) is 0 Å². The molecule has 10 heteroatoms. The highest BCUT2D eigenvalue weighted by Gasteiger charge is 2.38. The molecule has 1 heterocycles. The highest BCUT2D eigenvalue weighted by molar-refractivity contribution is 5.78. The first-order valence-electron chi connectivity index (χ1n) is 8.73. The topological polar surface area (TPSA) is 77.7 Å². The second-order valence-electron chi connectivity index (χ2n) is 5.97. The maximum absolute atomic E-state index is 12.6. The van der Waals surface area contributed by atoms with Crippen LogP contribution in [0.3, 0.4) is 0 Å². The van der Waals surface area contributed by atoms with E-state index in [2.05, 4.69) is 14.7 Å². The molecule has 154 valence electrons. The van der Waals surface area contributed by atoms with E-state index < -0.39 is 12.1 Å². The van der Waals surface area contributed by atoms with Gasteiger partial charge in [0.1, 0.15) is 0 Å². The molecule has 1 atom stereocenters. The van der Waals surface area contributed by atoms with Crippen molar-refractivity contribution < 1.29 is 32.1 Å². The van der Waals surface area contributed by atoms with Crippen LogP contribution in [0.25, 0.3) is 11.4 Å². The van der Waals surface area contributed by atoms with Gasteiger partial charge in [-0.2, -0.15) is 18.2 Å². The molecule has 1 unspecified atom stereocenters. The number of carbonyl (C=O) groups excluding carboxylic acids is 1. The van der Waals surface area contributed by atoms with E-state index in [1.807, 2.05) is 6.92 Å². The Morgan fingerprint density at radius 3 is 2.43 bits per heavy atom. The van der Waals surface area contributed by atoms with E-state index in [0.717, 1.165) is 5.56 Å². The van der Waals surface area contributed by atoms with E-state index in [0.29, 0.717) is 18.6 Å². The van der Waals surface area contributed by atoms with Crippen LogP contribution < -0.4 is 0 Å². The van der Waals surface area contributed by atoms with Crippen LogP contribution in [0, 0.1) is 5.92 Å². The Kier molecular flexibility index (Phi) is 7.53. The van der Waals surface area contributed by atoms with Crippen LogP contribution in [0.2, 0.25) is 0 Å². The molecule has 7 nitrogen and oxygen atoms in total. The second kappa shape index (κ2) is 9.65. The number of methoxy groups -OCH3 is 1. The zero-order valence-electron chi connectivity index (χ0n) is 15.8. The van der Waals surface area contributed by atoms with Gasteiger partial charge in [0.2, 0.25) is 5.82 Å². The third kappa shape index (κ3) is 5.52. The molecule has 1 aromatic carbocycles. The number of nitrogens with zero attached hydrogens (tertiary/aromatic N) is 3. The van der Waals surface area contributed by atoms with Crippen molar-refractivity contribution in [1.82, 2.24) is 15.2 Å². The van der Waals surface area contributed by atoms with Crippen molar-refractivity contribution >= 4 is 5.91 Å². The molecule has 0 radical (unpaired) electrons. The Bertz CT molecular complexity index is 762. The molecule has 0 saturated heterocycles. The smallest absolute Gasteiger partial charge is 0.384 e. The van der Waals surface area contributed by atoms with E-state index in [4.69, 9.17) is 9.57 Å². The van der Waals surface area contributed by atoms with E-state index in [9.17, 15) is 18.0 Å². The SMILES string of the molecule is CCON(Cc1ccc(-c2noc(C(F)(F)F)n2)cc1)C(=O)C(CC)COC. The fourth-order valence-electron chi connectivity index (χ4n) is 2.49. The van der Waals surface area contributed by atoms with Crippen molar-refractivity contribution in [3.05, 3.63) is 35.7 Å². The van der Waals surface area contributed by atoms with Crippen LogP contribution >= 0.6 is 0 Å². The first-order valence-corrected chi connectivity index (χ1v) is 8.73. The van der Waals surface area contributed by atoms with Gasteiger partial charge in [-0.15, -0.1) is 0 Å². The lowest BCUT2D eigenvalue weighted by atomic mass is 10.1. The average Bonchev–Trinajstić information content (AvgIpc) is 3.16. The van der Waals surface area contributed by atoms with Crippen LogP contribution in [-0.2, 0) is 27.1 Å². The molecule has 0 aliphatic heterocycles. The number of rotatable bonds is 9. The van der Waals surface area contributed by atoms with Crippen LogP contribution in [0.5, 0.6) is 0 Å². The fraction of sp³-hybridized carbons (Fsp3) is 0.500. The normalized spacial score (nSPS) is 12.8. The minimum atomic E-state index is -4.69. The lowest BCUT2D eigenvalue weighted by Gasteiger charge is -2.25. The quantitative estimate of drug-likeness (QED) is 0.596. The Morgan fingerprint density at radius 1 is 1.25 bits per heavy atom. The number of hydrogen-bond donors (Lipinski definition) is 0. The molecule has 1 aromatic heterocycles. The minimum Gasteiger partial charge on any atom is -0.384 e. The van der Waals surface area contributed by atoms with Gasteiger partial charge in [-0.05, 0) is 18.9 Å². The first kappa shape index (κ1) is 21.8. The monoisotopic (exact) mass is 401 g/mol. The van der Waals surface area contributed by atoms with Gasteiger partial charge in [0, 0.05) is 12.7 Å². The van der Waals surface area contributed by atoms with Crippen molar-refractivity contribution in [2.24, 2.45) is 5.92 Å². The summed E-state index contributed by atoms with van der Waals surface area (Å²) in [6, 6.07) is 6.44. The standard InChI is InChI=1S/C18H22F3N3O4/c1-4-13(11-26-3)16(25)24(27-5-2)10-12-6-8-14(9-7-12)15-22-17(28-23-15)18(19,20)21/h6-9,13H,4-5,10-11H2,1-3H3. The van der Waals surface area contributed by atoms with Gasteiger partial charge >= 0.3 is 12.1 Å². The number of benzene rings is 1. The summed E-state index contributed by atoms with van der Waals surface area (Å²) in [6.07, 6.45) is -4.09. The van der Waals surface area contributed by atoms with Gasteiger partial charge in [-0.3, -0.25) is 9.63 Å². The molecule has 0 aliphatic rings. The predicted molar refractivity (Wildman–Crippen MR) is 92.6 cm³/mol. The first-order chi connectivity index (χ1) is 13.3. The number of carbonyl (C=O) groups is 1. The van der Waals surface area contributed by atoms with Crippen molar-refractivity contribution in [2.45, 2.75) is 33.0 Å².